The normalized spacial score (nSPS) is 10.1. The van der Waals surface area contributed by atoms with Crippen molar-refractivity contribution in [3.63, 3.8) is 0 Å². The lowest BCUT2D eigenvalue weighted by Crippen LogP contribution is -1.92. The summed E-state index contributed by atoms with van der Waals surface area (Å²) in [4.78, 5) is 3.90. The van der Waals surface area contributed by atoms with Crippen molar-refractivity contribution < 1.29 is 4.74 Å². The molecule has 2 rings (SSSR count). The lowest BCUT2D eigenvalue weighted by Gasteiger charge is -2.09. The zero-order valence-corrected chi connectivity index (χ0v) is 9.66. The Balaban J connectivity index is 2.31. The topological polar surface area (TPSA) is 48.1 Å². The van der Waals surface area contributed by atoms with Crippen LogP contribution in [-0.4, -0.2) is 4.98 Å². The van der Waals surface area contributed by atoms with Crippen molar-refractivity contribution in [1.29, 1.82) is 0 Å². The summed E-state index contributed by atoms with van der Waals surface area (Å²) >= 11 is 11.6. The van der Waals surface area contributed by atoms with Gasteiger partial charge in [-0.25, -0.2) is 4.98 Å². The minimum absolute atomic E-state index is 0.289. The van der Waals surface area contributed by atoms with Crippen molar-refractivity contribution in [2.45, 2.75) is 0 Å². The van der Waals surface area contributed by atoms with Crippen molar-refractivity contribution in [2.24, 2.45) is 0 Å². The van der Waals surface area contributed by atoms with Gasteiger partial charge in [0.2, 0.25) is 0 Å². The van der Waals surface area contributed by atoms with Crippen molar-refractivity contribution >= 4 is 28.9 Å². The summed E-state index contributed by atoms with van der Waals surface area (Å²) in [5.74, 6) is 0.956. The van der Waals surface area contributed by atoms with E-state index in [9.17, 15) is 0 Å². The molecule has 0 radical (unpaired) electrons. The summed E-state index contributed by atoms with van der Waals surface area (Å²) in [7, 11) is 0. The van der Waals surface area contributed by atoms with Crippen LogP contribution in [0.15, 0.2) is 36.5 Å². The van der Waals surface area contributed by atoms with Crippen molar-refractivity contribution in [3.05, 3.63) is 46.7 Å². The number of pyridine rings is 1. The zero-order chi connectivity index (χ0) is 11.5. The van der Waals surface area contributed by atoms with Gasteiger partial charge in [-0.1, -0.05) is 23.2 Å². The number of benzene rings is 1. The molecule has 0 atom stereocenters. The monoisotopic (exact) mass is 254 g/mol. The van der Waals surface area contributed by atoms with Crippen LogP contribution in [0, 0.1) is 0 Å². The summed E-state index contributed by atoms with van der Waals surface area (Å²) in [6, 6.07) is 8.43. The molecule has 2 aromatic rings. The zero-order valence-electron chi connectivity index (χ0n) is 8.15. The van der Waals surface area contributed by atoms with E-state index >= 15 is 0 Å². The molecule has 0 saturated heterocycles. The van der Waals surface area contributed by atoms with E-state index < -0.39 is 0 Å². The highest BCUT2D eigenvalue weighted by molar-refractivity contribution is 6.31. The molecule has 16 heavy (non-hydrogen) atoms. The fraction of sp³-hybridized carbons (Fsp3) is 0. The number of ether oxygens (including phenoxy) is 1. The number of hydrogen-bond acceptors (Lipinski definition) is 3. The molecule has 0 aliphatic carbocycles. The molecule has 0 amide bonds. The van der Waals surface area contributed by atoms with Gasteiger partial charge >= 0.3 is 0 Å². The Morgan fingerprint density at radius 3 is 2.62 bits per heavy atom. The van der Waals surface area contributed by atoms with Crippen LogP contribution in [0.2, 0.25) is 10.2 Å². The Morgan fingerprint density at radius 2 is 1.94 bits per heavy atom. The minimum atomic E-state index is 0.289. The quantitative estimate of drug-likeness (QED) is 0.656. The first-order valence-electron chi connectivity index (χ1n) is 4.50. The Kier molecular flexibility index (Phi) is 3.17. The fourth-order valence-electron chi connectivity index (χ4n) is 1.18. The SMILES string of the molecule is Nc1cc(Cl)ccc1Oc1cccnc1Cl. The standard InChI is InChI=1S/C11H8Cl2N2O/c12-7-3-4-9(8(14)6-7)16-10-2-1-5-15-11(10)13/h1-6H,14H2. The summed E-state index contributed by atoms with van der Waals surface area (Å²) in [5.41, 5.74) is 6.20. The van der Waals surface area contributed by atoms with Gasteiger partial charge in [-0.2, -0.15) is 0 Å². The van der Waals surface area contributed by atoms with E-state index in [0.29, 0.717) is 22.2 Å². The van der Waals surface area contributed by atoms with Crippen LogP contribution in [-0.2, 0) is 0 Å². The van der Waals surface area contributed by atoms with Crippen molar-refractivity contribution in [2.75, 3.05) is 5.73 Å². The highest BCUT2D eigenvalue weighted by Crippen LogP contribution is 2.32. The number of nitrogen functional groups attached to an aromatic ring is 1. The first-order chi connectivity index (χ1) is 7.66. The summed E-state index contributed by atoms with van der Waals surface area (Å²) in [6.45, 7) is 0. The molecular formula is C11H8Cl2N2O. The fourth-order valence-corrected chi connectivity index (χ4v) is 1.52. The van der Waals surface area contributed by atoms with Crippen LogP contribution in [0.25, 0.3) is 0 Å². The van der Waals surface area contributed by atoms with E-state index in [1.54, 1.807) is 36.5 Å². The van der Waals surface area contributed by atoms with Gasteiger partial charge in [0.05, 0.1) is 5.69 Å². The summed E-state index contributed by atoms with van der Waals surface area (Å²) < 4.78 is 5.52. The maximum absolute atomic E-state index is 5.85. The average Bonchev–Trinajstić information content (AvgIpc) is 2.25. The van der Waals surface area contributed by atoms with E-state index in [0.717, 1.165) is 0 Å². The third-order valence-electron chi connectivity index (χ3n) is 1.92. The van der Waals surface area contributed by atoms with Crippen LogP contribution in [0.4, 0.5) is 5.69 Å². The second-order valence-corrected chi connectivity index (χ2v) is 3.87. The minimum Gasteiger partial charge on any atom is -0.452 e. The highest BCUT2D eigenvalue weighted by atomic mass is 35.5. The predicted molar refractivity (Wildman–Crippen MR) is 65.2 cm³/mol. The van der Waals surface area contributed by atoms with Crippen LogP contribution in [0.1, 0.15) is 0 Å². The molecule has 1 aromatic heterocycles. The van der Waals surface area contributed by atoms with Gasteiger partial charge in [-0.15, -0.1) is 0 Å². The maximum Gasteiger partial charge on any atom is 0.171 e. The molecule has 0 fully saturated rings. The van der Waals surface area contributed by atoms with Gasteiger partial charge in [0.15, 0.2) is 16.7 Å². The molecule has 1 aromatic carbocycles. The van der Waals surface area contributed by atoms with Gasteiger partial charge in [0.25, 0.3) is 0 Å². The first-order valence-corrected chi connectivity index (χ1v) is 5.26. The Labute approximate surface area is 103 Å². The lowest BCUT2D eigenvalue weighted by molar-refractivity contribution is 0.483. The number of hydrogen-bond donors (Lipinski definition) is 1. The number of nitrogens with zero attached hydrogens (tertiary/aromatic N) is 1. The van der Waals surface area contributed by atoms with E-state index in [1.165, 1.54) is 0 Å². The van der Waals surface area contributed by atoms with Crippen LogP contribution in [0.5, 0.6) is 11.5 Å². The molecule has 0 aliphatic rings. The van der Waals surface area contributed by atoms with E-state index in [1.807, 2.05) is 0 Å². The molecule has 82 valence electrons. The van der Waals surface area contributed by atoms with Gasteiger partial charge < -0.3 is 10.5 Å². The van der Waals surface area contributed by atoms with E-state index in [4.69, 9.17) is 33.7 Å². The van der Waals surface area contributed by atoms with Crippen molar-refractivity contribution in [3.8, 4) is 11.5 Å². The summed E-state index contributed by atoms with van der Waals surface area (Å²) in [6.07, 6.45) is 1.58. The second kappa shape index (κ2) is 4.60. The van der Waals surface area contributed by atoms with Crippen LogP contribution in [0.3, 0.4) is 0 Å². The number of aromatic nitrogens is 1. The molecular weight excluding hydrogens is 247 g/mol. The van der Waals surface area contributed by atoms with Crippen molar-refractivity contribution in [1.82, 2.24) is 4.98 Å². The Hall–Kier alpha value is -1.45. The number of rotatable bonds is 2. The molecule has 5 heteroatoms. The van der Waals surface area contributed by atoms with Gasteiger partial charge in [0, 0.05) is 11.2 Å². The molecule has 0 unspecified atom stereocenters. The van der Waals surface area contributed by atoms with Gasteiger partial charge in [-0.05, 0) is 30.3 Å². The molecule has 0 saturated carbocycles. The lowest BCUT2D eigenvalue weighted by atomic mass is 10.3. The molecule has 0 bridgehead atoms. The smallest absolute Gasteiger partial charge is 0.171 e. The van der Waals surface area contributed by atoms with E-state index in [-0.39, 0.29) is 5.15 Å². The maximum atomic E-state index is 5.85. The third-order valence-corrected chi connectivity index (χ3v) is 2.44. The van der Waals surface area contributed by atoms with Gasteiger partial charge in [-0.3, -0.25) is 0 Å². The molecule has 3 nitrogen and oxygen atoms in total. The summed E-state index contributed by atoms with van der Waals surface area (Å²) in [5, 5.41) is 0.846. The molecule has 0 spiro atoms. The molecule has 2 N–H and O–H groups in total. The second-order valence-electron chi connectivity index (χ2n) is 3.08. The Bertz CT molecular complexity index is 517. The Morgan fingerprint density at radius 1 is 1.12 bits per heavy atom. The first kappa shape index (κ1) is 11.0. The predicted octanol–water partition coefficient (Wildman–Crippen LogP) is 3.76. The van der Waals surface area contributed by atoms with Crippen LogP contribution < -0.4 is 10.5 Å². The van der Waals surface area contributed by atoms with Gasteiger partial charge in [0.1, 0.15) is 0 Å². The highest BCUT2D eigenvalue weighted by Gasteiger charge is 2.06. The largest absolute Gasteiger partial charge is 0.452 e. The number of halogens is 2. The number of nitrogens with two attached hydrogens (primary N) is 1. The number of anilines is 1. The molecule has 0 aliphatic heterocycles. The third kappa shape index (κ3) is 2.38. The van der Waals surface area contributed by atoms with E-state index in [2.05, 4.69) is 4.98 Å². The average molecular weight is 255 g/mol. The van der Waals surface area contributed by atoms with Crippen LogP contribution >= 0.6 is 23.2 Å². The molecule has 1 heterocycles.